The molecule has 3 atom stereocenters. The van der Waals surface area contributed by atoms with E-state index < -0.39 is 0 Å². The van der Waals surface area contributed by atoms with Crippen LogP contribution in [0.3, 0.4) is 0 Å². The highest BCUT2D eigenvalue weighted by atomic mass is 16.2. The predicted molar refractivity (Wildman–Crippen MR) is 83.3 cm³/mol. The van der Waals surface area contributed by atoms with E-state index in [1.54, 1.807) is 0 Å². The minimum absolute atomic E-state index is 0.185. The summed E-state index contributed by atoms with van der Waals surface area (Å²) in [6.45, 7) is 5.20. The van der Waals surface area contributed by atoms with E-state index in [9.17, 15) is 4.79 Å². The summed E-state index contributed by atoms with van der Waals surface area (Å²) in [5.74, 6) is 1.44. The molecule has 0 saturated carbocycles. The Hall–Kier alpha value is -1.81. The lowest BCUT2D eigenvalue weighted by Gasteiger charge is -2.27. The van der Waals surface area contributed by atoms with Gasteiger partial charge in [-0.3, -0.25) is 4.79 Å². The SMILES string of the molecule is CCC1C2CNCC2CN1C(=O)c1cccc2cc[nH]c12. The smallest absolute Gasteiger partial charge is 0.256 e. The minimum atomic E-state index is 0.185. The Morgan fingerprint density at radius 1 is 1.33 bits per heavy atom. The summed E-state index contributed by atoms with van der Waals surface area (Å²) in [7, 11) is 0. The van der Waals surface area contributed by atoms with Crippen molar-refractivity contribution in [3.8, 4) is 0 Å². The molecule has 2 fully saturated rings. The minimum Gasteiger partial charge on any atom is -0.361 e. The van der Waals surface area contributed by atoms with E-state index >= 15 is 0 Å². The number of fused-ring (bicyclic) bond motifs is 2. The molecule has 21 heavy (non-hydrogen) atoms. The first-order valence-electron chi connectivity index (χ1n) is 7.87. The van der Waals surface area contributed by atoms with Crippen LogP contribution in [0, 0.1) is 11.8 Å². The molecule has 0 bridgehead atoms. The van der Waals surface area contributed by atoms with Crippen LogP contribution in [0.2, 0.25) is 0 Å². The normalized spacial score (nSPS) is 28.2. The Bertz CT molecular complexity index is 677. The number of para-hydroxylation sites is 1. The Kier molecular flexibility index (Phi) is 3.00. The van der Waals surface area contributed by atoms with E-state index in [1.165, 1.54) is 0 Å². The monoisotopic (exact) mass is 283 g/mol. The van der Waals surface area contributed by atoms with Crippen molar-refractivity contribution in [2.75, 3.05) is 19.6 Å². The summed E-state index contributed by atoms with van der Waals surface area (Å²) in [5.41, 5.74) is 1.77. The van der Waals surface area contributed by atoms with Gasteiger partial charge in [0.15, 0.2) is 0 Å². The van der Waals surface area contributed by atoms with Crippen LogP contribution in [0.5, 0.6) is 0 Å². The van der Waals surface area contributed by atoms with E-state index in [0.29, 0.717) is 17.9 Å². The maximum absolute atomic E-state index is 13.0. The summed E-state index contributed by atoms with van der Waals surface area (Å²) in [5, 5.41) is 4.58. The molecule has 1 aromatic heterocycles. The number of benzene rings is 1. The Labute approximate surface area is 124 Å². The van der Waals surface area contributed by atoms with Crippen molar-refractivity contribution >= 4 is 16.8 Å². The largest absolute Gasteiger partial charge is 0.361 e. The lowest BCUT2D eigenvalue weighted by atomic mass is 9.93. The van der Waals surface area contributed by atoms with E-state index in [0.717, 1.165) is 42.5 Å². The summed E-state index contributed by atoms with van der Waals surface area (Å²) < 4.78 is 0. The van der Waals surface area contributed by atoms with Crippen molar-refractivity contribution in [1.82, 2.24) is 15.2 Å². The summed E-state index contributed by atoms with van der Waals surface area (Å²) in [4.78, 5) is 18.4. The average molecular weight is 283 g/mol. The summed E-state index contributed by atoms with van der Waals surface area (Å²) in [6, 6.07) is 8.36. The number of aromatic nitrogens is 1. The highest BCUT2D eigenvalue weighted by molar-refractivity contribution is 6.05. The Morgan fingerprint density at radius 2 is 2.24 bits per heavy atom. The van der Waals surface area contributed by atoms with Gasteiger partial charge in [-0.15, -0.1) is 0 Å². The van der Waals surface area contributed by atoms with Crippen molar-refractivity contribution < 1.29 is 4.79 Å². The third-order valence-corrected chi connectivity index (χ3v) is 5.21. The van der Waals surface area contributed by atoms with Gasteiger partial charge in [-0.1, -0.05) is 19.1 Å². The molecule has 0 radical (unpaired) electrons. The molecule has 3 unspecified atom stereocenters. The fourth-order valence-corrected chi connectivity index (χ4v) is 4.20. The molecule has 0 spiro atoms. The molecular weight excluding hydrogens is 262 g/mol. The number of hydrogen-bond donors (Lipinski definition) is 2. The van der Waals surface area contributed by atoms with Crippen LogP contribution in [0.25, 0.3) is 10.9 Å². The molecule has 2 aromatic rings. The predicted octanol–water partition coefficient (Wildman–Crippen LogP) is 2.24. The number of carbonyl (C=O) groups is 1. The first kappa shape index (κ1) is 12.9. The van der Waals surface area contributed by atoms with Gasteiger partial charge in [-0.05, 0) is 30.4 Å². The zero-order valence-corrected chi connectivity index (χ0v) is 12.3. The highest BCUT2D eigenvalue weighted by Gasteiger charge is 2.45. The molecule has 1 aromatic carbocycles. The van der Waals surface area contributed by atoms with Gasteiger partial charge in [0.25, 0.3) is 5.91 Å². The topological polar surface area (TPSA) is 48.1 Å². The van der Waals surface area contributed by atoms with Crippen LogP contribution in [-0.2, 0) is 0 Å². The average Bonchev–Trinajstić information content (AvgIpc) is 3.20. The number of nitrogens with one attached hydrogen (secondary N) is 2. The van der Waals surface area contributed by atoms with Gasteiger partial charge in [-0.2, -0.15) is 0 Å². The molecule has 0 aliphatic carbocycles. The molecule has 4 heteroatoms. The fraction of sp³-hybridized carbons (Fsp3) is 0.471. The van der Waals surface area contributed by atoms with Gasteiger partial charge < -0.3 is 15.2 Å². The second-order valence-corrected chi connectivity index (χ2v) is 6.26. The first-order chi connectivity index (χ1) is 10.3. The zero-order valence-electron chi connectivity index (χ0n) is 12.3. The molecule has 110 valence electrons. The zero-order chi connectivity index (χ0) is 14.4. The van der Waals surface area contributed by atoms with Gasteiger partial charge in [-0.25, -0.2) is 0 Å². The summed E-state index contributed by atoms with van der Waals surface area (Å²) in [6.07, 6.45) is 2.94. The molecule has 1 amide bonds. The second kappa shape index (κ2) is 4.88. The maximum Gasteiger partial charge on any atom is 0.256 e. The third kappa shape index (κ3) is 1.89. The maximum atomic E-state index is 13.0. The lowest BCUT2D eigenvalue weighted by Crippen LogP contribution is -2.39. The molecule has 4 nitrogen and oxygen atoms in total. The van der Waals surface area contributed by atoms with Gasteiger partial charge >= 0.3 is 0 Å². The van der Waals surface area contributed by atoms with Crippen molar-refractivity contribution in [3.63, 3.8) is 0 Å². The van der Waals surface area contributed by atoms with Crippen LogP contribution in [0.4, 0.5) is 0 Å². The van der Waals surface area contributed by atoms with E-state index in [4.69, 9.17) is 0 Å². The second-order valence-electron chi connectivity index (χ2n) is 6.26. The van der Waals surface area contributed by atoms with Gasteiger partial charge in [0.2, 0.25) is 0 Å². The number of H-pyrrole nitrogens is 1. The molecular formula is C17H21N3O. The van der Waals surface area contributed by atoms with E-state index in [1.807, 2.05) is 30.5 Å². The van der Waals surface area contributed by atoms with Crippen molar-refractivity contribution in [2.45, 2.75) is 19.4 Å². The fourth-order valence-electron chi connectivity index (χ4n) is 4.20. The van der Waals surface area contributed by atoms with Gasteiger partial charge in [0.1, 0.15) is 0 Å². The molecule has 4 rings (SSSR count). The number of likely N-dealkylation sites (tertiary alicyclic amines) is 1. The Morgan fingerprint density at radius 3 is 3.10 bits per heavy atom. The van der Waals surface area contributed by atoms with Crippen LogP contribution < -0.4 is 5.32 Å². The van der Waals surface area contributed by atoms with Crippen LogP contribution in [-0.4, -0.2) is 41.5 Å². The van der Waals surface area contributed by atoms with E-state index in [-0.39, 0.29) is 5.91 Å². The molecule has 2 N–H and O–H groups in total. The number of nitrogens with zero attached hydrogens (tertiary/aromatic N) is 1. The van der Waals surface area contributed by atoms with Crippen LogP contribution >= 0.6 is 0 Å². The number of aromatic amines is 1. The quantitative estimate of drug-likeness (QED) is 0.888. The van der Waals surface area contributed by atoms with Gasteiger partial charge in [0, 0.05) is 37.3 Å². The third-order valence-electron chi connectivity index (χ3n) is 5.21. The molecule has 2 saturated heterocycles. The Balaban J connectivity index is 1.70. The van der Waals surface area contributed by atoms with E-state index in [2.05, 4.69) is 22.1 Å². The van der Waals surface area contributed by atoms with Gasteiger partial charge in [0.05, 0.1) is 11.1 Å². The number of hydrogen-bond acceptors (Lipinski definition) is 2. The van der Waals surface area contributed by atoms with Crippen molar-refractivity contribution in [2.24, 2.45) is 11.8 Å². The van der Waals surface area contributed by atoms with Crippen molar-refractivity contribution in [1.29, 1.82) is 0 Å². The lowest BCUT2D eigenvalue weighted by molar-refractivity contribution is 0.0713. The van der Waals surface area contributed by atoms with Crippen molar-refractivity contribution in [3.05, 3.63) is 36.0 Å². The summed E-state index contributed by atoms with van der Waals surface area (Å²) >= 11 is 0. The molecule has 3 heterocycles. The van der Waals surface area contributed by atoms with Crippen LogP contribution in [0.1, 0.15) is 23.7 Å². The number of amides is 1. The number of carbonyl (C=O) groups excluding carboxylic acids is 1. The molecule has 2 aliphatic heterocycles. The standard InChI is InChI=1S/C17H21N3O/c1-2-15-14-9-18-8-12(14)10-20(15)17(21)13-5-3-4-11-6-7-19-16(11)13/h3-7,12,14-15,18-19H,2,8-10H2,1H3. The van der Waals surface area contributed by atoms with Crippen LogP contribution in [0.15, 0.2) is 30.5 Å². The molecule has 2 aliphatic rings. The first-order valence-corrected chi connectivity index (χ1v) is 7.87. The highest BCUT2D eigenvalue weighted by Crippen LogP contribution is 2.35. The number of rotatable bonds is 2.